The van der Waals surface area contributed by atoms with Crippen molar-refractivity contribution < 1.29 is 14.6 Å². The highest BCUT2D eigenvalue weighted by molar-refractivity contribution is 5.01. The lowest BCUT2D eigenvalue weighted by molar-refractivity contribution is -0.0921. The normalized spacial score (nSPS) is 36.9. The molecule has 136 valence electrons. The van der Waals surface area contributed by atoms with Gasteiger partial charge in [0.2, 0.25) is 0 Å². The average molecular weight is 327 g/mol. The minimum Gasteiger partial charge on any atom is -0.393 e. The Hall–Kier alpha value is -0.120. The van der Waals surface area contributed by atoms with E-state index in [0.717, 1.165) is 18.8 Å². The van der Waals surface area contributed by atoms with Crippen LogP contribution >= 0.6 is 0 Å². The fourth-order valence-corrected chi connectivity index (χ4v) is 5.52. The molecule has 0 aromatic carbocycles. The molecule has 2 saturated carbocycles. The molecule has 2 aliphatic rings. The fraction of sp³-hybridized carbons (Fsp3) is 1.00. The molecule has 6 atom stereocenters. The fourth-order valence-electron chi connectivity index (χ4n) is 5.52. The minimum atomic E-state index is -0.0561. The summed E-state index contributed by atoms with van der Waals surface area (Å²) in [5, 5.41) is 10.4. The van der Waals surface area contributed by atoms with Crippen LogP contribution in [0.2, 0.25) is 0 Å². The van der Waals surface area contributed by atoms with Gasteiger partial charge < -0.3 is 14.6 Å². The van der Waals surface area contributed by atoms with E-state index < -0.39 is 0 Å². The van der Waals surface area contributed by atoms with Gasteiger partial charge in [0, 0.05) is 7.11 Å². The van der Waals surface area contributed by atoms with Gasteiger partial charge in [0.1, 0.15) is 6.79 Å². The third-order valence-corrected chi connectivity index (χ3v) is 6.90. The highest BCUT2D eigenvalue weighted by Crippen LogP contribution is 2.58. The van der Waals surface area contributed by atoms with Crippen LogP contribution in [0.15, 0.2) is 0 Å². The number of fused-ring (bicyclic) bond motifs is 1. The summed E-state index contributed by atoms with van der Waals surface area (Å²) in [4.78, 5) is 0. The van der Waals surface area contributed by atoms with Crippen molar-refractivity contribution in [2.75, 3.05) is 13.9 Å². The second-order valence-corrected chi connectivity index (χ2v) is 8.67. The number of ether oxygens (including phenoxy) is 2. The van der Waals surface area contributed by atoms with Crippen molar-refractivity contribution in [1.82, 2.24) is 0 Å². The van der Waals surface area contributed by atoms with Gasteiger partial charge in [0.15, 0.2) is 0 Å². The molecule has 0 amide bonds. The molecular weight excluding hydrogens is 288 g/mol. The molecule has 0 radical (unpaired) electrons. The van der Waals surface area contributed by atoms with E-state index in [2.05, 4.69) is 27.7 Å². The Morgan fingerprint density at radius 3 is 2.52 bits per heavy atom. The molecule has 0 aromatic heterocycles. The second kappa shape index (κ2) is 8.31. The van der Waals surface area contributed by atoms with Crippen LogP contribution in [0, 0.1) is 29.1 Å². The largest absolute Gasteiger partial charge is 0.393 e. The van der Waals surface area contributed by atoms with E-state index in [1.165, 1.54) is 32.1 Å². The molecule has 3 nitrogen and oxygen atoms in total. The second-order valence-electron chi connectivity index (χ2n) is 8.67. The quantitative estimate of drug-likeness (QED) is 0.661. The van der Waals surface area contributed by atoms with Crippen molar-refractivity contribution in [1.29, 1.82) is 0 Å². The van der Waals surface area contributed by atoms with Gasteiger partial charge in [-0.3, -0.25) is 0 Å². The monoisotopic (exact) mass is 326 g/mol. The molecule has 2 aliphatic carbocycles. The van der Waals surface area contributed by atoms with Crippen molar-refractivity contribution >= 4 is 0 Å². The molecule has 23 heavy (non-hydrogen) atoms. The topological polar surface area (TPSA) is 38.7 Å². The predicted octanol–water partition coefficient (Wildman–Crippen LogP) is 4.63. The van der Waals surface area contributed by atoms with E-state index in [0.29, 0.717) is 36.1 Å². The number of methoxy groups -OCH3 is 1. The Kier molecular flexibility index (Phi) is 6.94. The van der Waals surface area contributed by atoms with Crippen LogP contribution < -0.4 is 0 Å². The van der Waals surface area contributed by atoms with Crippen molar-refractivity contribution in [2.24, 2.45) is 29.1 Å². The van der Waals surface area contributed by atoms with Crippen LogP contribution in [0.4, 0.5) is 0 Å². The smallest absolute Gasteiger partial charge is 0.146 e. The molecule has 0 spiro atoms. The Morgan fingerprint density at radius 2 is 1.87 bits per heavy atom. The lowest BCUT2D eigenvalue weighted by atomic mass is 9.61. The molecule has 3 heteroatoms. The standard InChI is InChI=1S/C20H38O3/c1-14(2)19(23-13-22-5)11-8-15(3)16-9-10-17-18(21)7-6-12-20(16,17)4/h14-19,21H,6-13H2,1-5H3/t15-,16-,17+,18+,19-,20-/m1/s1. The summed E-state index contributed by atoms with van der Waals surface area (Å²) in [5.74, 6) is 2.54. The summed E-state index contributed by atoms with van der Waals surface area (Å²) < 4.78 is 10.9. The summed E-state index contributed by atoms with van der Waals surface area (Å²) in [6, 6.07) is 0. The zero-order valence-corrected chi connectivity index (χ0v) is 15.9. The minimum absolute atomic E-state index is 0.0561. The first-order valence-electron chi connectivity index (χ1n) is 9.68. The molecule has 1 N–H and O–H groups in total. The third-order valence-electron chi connectivity index (χ3n) is 6.90. The van der Waals surface area contributed by atoms with Crippen LogP contribution in [0.3, 0.4) is 0 Å². The summed E-state index contributed by atoms with van der Waals surface area (Å²) in [5.41, 5.74) is 0.359. The number of rotatable bonds is 8. The van der Waals surface area contributed by atoms with E-state index in [9.17, 15) is 5.11 Å². The van der Waals surface area contributed by atoms with Gasteiger partial charge in [-0.2, -0.15) is 0 Å². The van der Waals surface area contributed by atoms with Gasteiger partial charge >= 0.3 is 0 Å². The van der Waals surface area contributed by atoms with Crippen LogP contribution in [0.5, 0.6) is 0 Å². The molecule has 2 rings (SSSR count). The summed E-state index contributed by atoms with van der Waals surface area (Å²) in [6.45, 7) is 9.74. The van der Waals surface area contributed by atoms with E-state index in [4.69, 9.17) is 9.47 Å². The summed E-state index contributed by atoms with van der Waals surface area (Å²) >= 11 is 0. The van der Waals surface area contributed by atoms with E-state index in [-0.39, 0.29) is 6.10 Å². The van der Waals surface area contributed by atoms with E-state index >= 15 is 0 Å². The highest BCUT2D eigenvalue weighted by atomic mass is 16.7. The van der Waals surface area contributed by atoms with Gasteiger partial charge in [-0.25, -0.2) is 0 Å². The van der Waals surface area contributed by atoms with Gasteiger partial charge in [-0.05, 0) is 67.6 Å². The van der Waals surface area contributed by atoms with Gasteiger partial charge in [-0.1, -0.05) is 34.1 Å². The molecule has 0 aliphatic heterocycles. The number of aliphatic hydroxyl groups is 1. The third kappa shape index (κ3) is 4.29. The molecule has 0 heterocycles. The maximum atomic E-state index is 10.4. The first-order valence-corrected chi connectivity index (χ1v) is 9.68. The average Bonchev–Trinajstić information content (AvgIpc) is 2.85. The van der Waals surface area contributed by atoms with Crippen LogP contribution in [-0.4, -0.2) is 31.2 Å². The highest BCUT2D eigenvalue weighted by Gasteiger charge is 2.52. The first-order chi connectivity index (χ1) is 10.9. The number of hydrogen-bond acceptors (Lipinski definition) is 3. The Bertz CT molecular complexity index is 357. The van der Waals surface area contributed by atoms with Crippen molar-refractivity contribution in [3.05, 3.63) is 0 Å². The van der Waals surface area contributed by atoms with E-state index in [1.807, 2.05) is 0 Å². The predicted molar refractivity (Wildman–Crippen MR) is 94.2 cm³/mol. The zero-order chi connectivity index (χ0) is 17.0. The van der Waals surface area contributed by atoms with Gasteiger partial charge in [0.25, 0.3) is 0 Å². The first kappa shape index (κ1) is 19.2. The maximum Gasteiger partial charge on any atom is 0.146 e. The van der Waals surface area contributed by atoms with Gasteiger partial charge in [-0.15, -0.1) is 0 Å². The summed E-state index contributed by atoms with van der Waals surface area (Å²) in [7, 11) is 1.69. The molecule has 0 aromatic rings. The lowest BCUT2D eigenvalue weighted by Crippen LogP contribution is -2.41. The Balaban J connectivity index is 1.91. The molecule has 0 bridgehead atoms. The van der Waals surface area contributed by atoms with Gasteiger partial charge in [0.05, 0.1) is 12.2 Å². The summed E-state index contributed by atoms with van der Waals surface area (Å²) in [6.07, 6.45) is 8.60. The lowest BCUT2D eigenvalue weighted by Gasteiger charge is -2.45. The number of hydrogen-bond donors (Lipinski definition) is 1. The van der Waals surface area contributed by atoms with Crippen LogP contribution in [0.1, 0.15) is 72.6 Å². The molecule has 2 fully saturated rings. The zero-order valence-electron chi connectivity index (χ0n) is 15.9. The molecule has 0 saturated heterocycles. The molecular formula is C20H38O3. The van der Waals surface area contributed by atoms with Crippen molar-refractivity contribution in [2.45, 2.75) is 84.8 Å². The van der Waals surface area contributed by atoms with E-state index in [1.54, 1.807) is 7.11 Å². The molecule has 0 unspecified atom stereocenters. The Morgan fingerprint density at radius 1 is 1.13 bits per heavy atom. The maximum absolute atomic E-state index is 10.4. The van der Waals surface area contributed by atoms with Crippen LogP contribution in [-0.2, 0) is 9.47 Å². The van der Waals surface area contributed by atoms with Crippen molar-refractivity contribution in [3.63, 3.8) is 0 Å². The van der Waals surface area contributed by atoms with Crippen LogP contribution in [0.25, 0.3) is 0 Å². The van der Waals surface area contributed by atoms with Crippen molar-refractivity contribution in [3.8, 4) is 0 Å². The Labute approximate surface area is 143 Å². The SMILES string of the molecule is COCO[C@H](CC[C@@H](C)[C@H]1CC[C@H]2[C@@H](O)CCC[C@]12C)C(C)C. The number of aliphatic hydroxyl groups excluding tert-OH is 1.